The molecular weight excluding hydrogens is 224 g/mol. The fourth-order valence-electron chi connectivity index (χ4n) is 2.60. The van der Waals surface area contributed by atoms with Crippen LogP contribution in [0.3, 0.4) is 0 Å². The SMILES string of the molecule is O/N=C1/CC(c2ccccc2)Cc2ccncc21. The quantitative estimate of drug-likeness (QED) is 0.613. The number of rotatable bonds is 1. The lowest BCUT2D eigenvalue weighted by Gasteiger charge is -2.25. The molecule has 1 aliphatic carbocycles. The second-order valence-electron chi connectivity index (χ2n) is 4.60. The van der Waals surface area contributed by atoms with Crippen molar-refractivity contribution in [1.82, 2.24) is 4.98 Å². The van der Waals surface area contributed by atoms with Crippen LogP contribution < -0.4 is 0 Å². The molecule has 3 rings (SSSR count). The third-order valence-electron chi connectivity index (χ3n) is 3.52. The van der Waals surface area contributed by atoms with E-state index in [9.17, 15) is 0 Å². The smallest absolute Gasteiger partial charge is 0.0892 e. The fraction of sp³-hybridized carbons (Fsp3) is 0.200. The topological polar surface area (TPSA) is 45.5 Å². The van der Waals surface area contributed by atoms with Crippen molar-refractivity contribution in [2.45, 2.75) is 18.8 Å². The van der Waals surface area contributed by atoms with Gasteiger partial charge in [-0.1, -0.05) is 35.5 Å². The molecule has 1 unspecified atom stereocenters. The van der Waals surface area contributed by atoms with E-state index >= 15 is 0 Å². The Hall–Kier alpha value is -2.16. The molecule has 90 valence electrons. The van der Waals surface area contributed by atoms with Gasteiger partial charge in [0.2, 0.25) is 0 Å². The standard InChI is InChI=1S/C15H14N2O/c18-17-15-9-13(11-4-2-1-3-5-11)8-12-6-7-16-10-14(12)15/h1-7,10,13,18H,8-9H2/b17-15-. The van der Waals surface area contributed by atoms with Crippen molar-refractivity contribution in [3.63, 3.8) is 0 Å². The Morgan fingerprint density at radius 2 is 1.94 bits per heavy atom. The molecule has 0 amide bonds. The Labute approximate surface area is 106 Å². The number of nitrogens with zero attached hydrogens (tertiary/aromatic N) is 2. The van der Waals surface area contributed by atoms with Crippen LogP contribution in [0.1, 0.15) is 29.0 Å². The lowest BCUT2D eigenvalue weighted by molar-refractivity contribution is 0.317. The molecule has 0 radical (unpaired) electrons. The molecule has 18 heavy (non-hydrogen) atoms. The summed E-state index contributed by atoms with van der Waals surface area (Å²) in [6.45, 7) is 0. The number of aromatic nitrogens is 1. The molecule has 1 atom stereocenters. The summed E-state index contributed by atoms with van der Waals surface area (Å²) in [5.41, 5.74) is 4.21. The monoisotopic (exact) mass is 238 g/mol. The minimum absolute atomic E-state index is 0.381. The number of hydrogen-bond acceptors (Lipinski definition) is 3. The van der Waals surface area contributed by atoms with Gasteiger partial charge in [0.05, 0.1) is 5.71 Å². The van der Waals surface area contributed by atoms with E-state index in [0.29, 0.717) is 5.92 Å². The van der Waals surface area contributed by atoms with Crippen LogP contribution in [0.5, 0.6) is 0 Å². The zero-order chi connectivity index (χ0) is 12.4. The molecule has 1 aromatic carbocycles. The Morgan fingerprint density at radius 3 is 2.72 bits per heavy atom. The van der Waals surface area contributed by atoms with E-state index in [2.05, 4.69) is 22.3 Å². The van der Waals surface area contributed by atoms with E-state index in [1.165, 1.54) is 11.1 Å². The van der Waals surface area contributed by atoms with Crippen molar-refractivity contribution in [1.29, 1.82) is 0 Å². The Kier molecular flexibility index (Phi) is 2.81. The number of pyridine rings is 1. The summed E-state index contributed by atoms with van der Waals surface area (Å²) in [4.78, 5) is 4.10. The number of benzene rings is 1. The second kappa shape index (κ2) is 4.61. The predicted octanol–water partition coefficient (Wildman–Crippen LogP) is 2.99. The van der Waals surface area contributed by atoms with Gasteiger partial charge < -0.3 is 5.21 Å². The van der Waals surface area contributed by atoms with Gasteiger partial charge >= 0.3 is 0 Å². The molecule has 1 heterocycles. The van der Waals surface area contributed by atoms with Crippen molar-refractivity contribution in [3.8, 4) is 0 Å². The minimum atomic E-state index is 0.381. The number of fused-ring (bicyclic) bond motifs is 1. The van der Waals surface area contributed by atoms with E-state index in [4.69, 9.17) is 5.21 Å². The minimum Gasteiger partial charge on any atom is -0.411 e. The summed E-state index contributed by atoms with van der Waals surface area (Å²) < 4.78 is 0. The van der Waals surface area contributed by atoms with Gasteiger partial charge in [0.25, 0.3) is 0 Å². The van der Waals surface area contributed by atoms with Crippen LogP contribution >= 0.6 is 0 Å². The lowest BCUT2D eigenvalue weighted by atomic mass is 9.80. The molecule has 0 fully saturated rings. The average Bonchev–Trinajstić information content (AvgIpc) is 2.47. The maximum atomic E-state index is 9.16. The normalized spacial score (nSPS) is 20.7. The first kappa shape index (κ1) is 11.0. The molecule has 0 spiro atoms. The zero-order valence-electron chi connectivity index (χ0n) is 9.95. The van der Waals surface area contributed by atoms with Gasteiger partial charge in [-0.3, -0.25) is 4.98 Å². The molecular formula is C15H14N2O. The highest BCUT2D eigenvalue weighted by Gasteiger charge is 2.25. The fourth-order valence-corrected chi connectivity index (χ4v) is 2.60. The highest BCUT2D eigenvalue weighted by atomic mass is 16.4. The van der Waals surface area contributed by atoms with Crippen LogP contribution in [0.25, 0.3) is 0 Å². The molecule has 0 bridgehead atoms. The average molecular weight is 238 g/mol. The maximum Gasteiger partial charge on any atom is 0.0892 e. The van der Waals surface area contributed by atoms with E-state index in [-0.39, 0.29) is 0 Å². The highest BCUT2D eigenvalue weighted by Crippen LogP contribution is 2.32. The molecule has 3 nitrogen and oxygen atoms in total. The van der Waals surface area contributed by atoms with Crippen molar-refractivity contribution >= 4 is 5.71 Å². The van der Waals surface area contributed by atoms with Crippen LogP contribution in [0.15, 0.2) is 53.9 Å². The van der Waals surface area contributed by atoms with Gasteiger partial charge in [-0.25, -0.2) is 0 Å². The number of oxime groups is 1. The van der Waals surface area contributed by atoms with Gasteiger partial charge in [0.15, 0.2) is 0 Å². The summed E-state index contributed by atoms with van der Waals surface area (Å²) in [5.74, 6) is 0.381. The van der Waals surface area contributed by atoms with Gasteiger partial charge in [-0.2, -0.15) is 0 Å². The number of hydrogen-bond donors (Lipinski definition) is 1. The van der Waals surface area contributed by atoms with Crippen molar-refractivity contribution in [3.05, 3.63) is 65.5 Å². The third kappa shape index (κ3) is 1.88. The second-order valence-corrected chi connectivity index (χ2v) is 4.60. The molecule has 2 aromatic rings. The van der Waals surface area contributed by atoms with Crippen LogP contribution in [-0.2, 0) is 6.42 Å². The molecule has 0 aliphatic heterocycles. The highest BCUT2D eigenvalue weighted by molar-refractivity contribution is 6.02. The van der Waals surface area contributed by atoms with Crippen LogP contribution in [0.2, 0.25) is 0 Å². The van der Waals surface area contributed by atoms with Gasteiger partial charge in [0.1, 0.15) is 0 Å². The van der Waals surface area contributed by atoms with Crippen LogP contribution in [-0.4, -0.2) is 15.9 Å². The third-order valence-corrected chi connectivity index (χ3v) is 3.52. The first-order chi connectivity index (χ1) is 8.88. The first-order valence-electron chi connectivity index (χ1n) is 6.07. The van der Waals surface area contributed by atoms with Gasteiger partial charge in [-0.15, -0.1) is 0 Å². The summed E-state index contributed by atoms with van der Waals surface area (Å²) in [6.07, 6.45) is 5.31. The molecule has 3 heteroatoms. The van der Waals surface area contributed by atoms with E-state index in [0.717, 1.165) is 24.1 Å². The molecule has 1 N–H and O–H groups in total. The van der Waals surface area contributed by atoms with Crippen LogP contribution in [0.4, 0.5) is 0 Å². The Morgan fingerprint density at radius 1 is 1.11 bits per heavy atom. The Balaban J connectivity index is 2.00. The summed E-state index contributed by atoms with van der Waals surface area (Å²) >= 11 is 0. The van der Waals surface area contributed by atoms with Crippen molar-refractivity contribution in [2.75, 3.05) is 0 Å². The van der Waals surface area contributed by atoms with Crippen molar-refractivity contribution in [2.24, 2.45) is 5.16 Å². The van der Waals surface area contributed by atoms with E-state index in [1.54, 1.807) is 12.4 Å². The molecule has 0 saturated heterocycles. The van der Waals surface area contributed by atoms with Gasteiger partial charge in [-0.05, 0) is 29.5 Å². The summed E-state index contributed by atoms with van der Waals surface area (Å²) in [5, 5.41) is 12.6. The lowest BCUT2D eigenvalue weighted by Crippen LogP contribution is -2.19. The summed E-state index contributed by atoms with van der Waals surface area (Å²) in [7, 11) is 0. The molecule has 0 saturated carbocycles. The largest absolute Gasteiger partial charge is 0.411 e. The van der Waals surface area contributed by atoms with Crippen LogP contribution in [0, 0.1) is 0 Å². The van der Waals surface area contributed by atoms with E-state index < -0.39 is 0 Å². The first-order valence-corrected chi connectivity index (χ1v) is 6.07. The maximum absolute atomic E-state index is 9.16. The van der Waals surface area contributed by atoms with Crippen molar-refractivity contribution < 1.29 is 5.21 Å². The summed E-state index contributed by atoms with van der Waals surface area (Å²) in [6, 6.07) is 12.4. The zero-order valence-corrected chi connectivity index (χ0v) is 9.95. The Bertz CT molecular complexity index is 578. The predicted molar refractivity (Wildman–Crippen MR) is 70.1 cm³/mol. The van der Waals surface area contributed by atoms with E-state index in [1.807, 2.05) is 24.3 Å². The molecule has 1 aromatic heterocycles. The van der Waals surface area contributed by atoms with Gasteiger partial charge in [0, 0.05) is 24.4 Å². The molecule has 1 aliphatic rings.